The van der Waals surface area contributed by atoms with Crippen molar-refractivity contribution in [2.75, 3.05) is 18.2 Å². The lowest BCUT2D eigenvalue weighted by Gasteiger charge is -2.11. The standard InChI is InChI=1S/C21H23N3O3S/c1-15-3-5-16(6-4-15)12-24-18(13-25)11-22-21(24)28-14-20(26)23-17-7-9-19(27-2)10-8-17/h3-11,25H,12-14H2,1-2H3,(H,23,26). The Morgan fingerprint density at radius 3 is 2.54 bits per heavy atom. The van der Waals surface area contributed by atoms with Gasteiger partial charge in [0.25, 0.3) is 0 Å². The van der Waals surface area contributed by atoms with E-state index in [2.05, 4.69) is 34.6 Å². The van der Waals surface area contributed by atoms with Crippen LogP contribution in [-0.2, 0) is 17.9 Å². The van der Waals surface area contributed by atoms with Crippen molar-refractivity contribution in [3.8, 4) is 5.75 Å². The zero-order valence-electron chi connectivity index (χ0n) is 15.9. The molecular formula is C21H23N3O3S. The lowest BCUT2D eigenvalue weighted by atomic mass is 10.1. The molecule has 6 nitrogen and oxygen atoms in total. The Hall–Kier alpha value is -2.77. The molecule has 0 fully saturated rings. The molecule has 1 heterocycles. The molecule has 146 valence electrons. The highest BCUT2D eigenvalue weighted by Gasteiger charge is 2.13. The summed E-state index contributed by atoms with van der Waals surface area (Å²) in [4.78, 5) is 16.6. The molecule has 2 aromatic carbocycles. The third-order valence-electron chi connectivity index (χ3n) is 4.23. The Balaban J connectivity index is 1.64. The molecule has 3 rings (SSSR count). The minimum atomic E-state index is -0.120. The van der Waals surface area contributed by atoms with E-state index in [4.69, 9.17) is 4.74 Å². The molecule has 1 amide bonds. The number of rotatable bonds is 8. The Bertz CT molecular complexity index is 921. The summed E-state index contributed by atoms with van der Waals surface area (Å²) in [6.07, 6.45) is 1.65. The van der Waals surface area contributed by atoms with Gasteiger partial charge in [0.1, 0.15) is 5.75 Å². The predicted molar refractivity (Wildman–Crippen MR) is 111 cm³/mol. The van der Waals surface area contributed by atoms with Crippen LogP contribution >= 0.6 is 11.8 Å². The average Bonchev–Trinajstić information content (AvgIpc) is 3.10. The third kappa shape index (κ3) is 5.15. The topological polar surface area (TPSA) is 76.4 Å². The number of aliphatic hydroxyl groups excluding tert-OH is 1. The van der Waals surface area contributed by atoms with Crippen molar-refractivity contribution in [3.63, 3.8) is 0 Å². The van der Waals surface area contributed by atoms with Crippen LogP contribution in [0.25, 0.3) is 0 Å². The van der Waals surface area contributed by atoms with Crippen LogP contribution in [-0.4, -0.2) is 33.4 Å². The van der Waals surface area contributed by atoms with Gasteiger partial charge in [0.2, 0.25) is 5.91 Å². The fourth-order valence-electron chi connectivity index (χ4n) is 2.68. The second-order valence-corrected chi connectivity index (χ2v) is 7.27. The molecule has 0 aliphatic carbocycles. The van der Waals surface area contributed by atoms with Gasteiger partial charge in [-0.15, -0.1) is 0 Å². The van der Waals surface area contributed by atoms with E-state index < -0.39 is 0 Å². The molecule has 2 N–H and O–H groups in total. The molecule has 3 aromatic rings. The first-order chi connectivity index (χ1) is 13.6. The van der Waals surface area contributed by atoms with Crippen molar-refractivity contribution in [1.29, 1.82) is 0 Å². The highest BCUT2D eigenvalue weighted by Crippen LogP contribution is 2.21. The molecule has 0 aliphatic heterocycles. The highest BCUT2D eigenvalue weighted by atomic mass is 32.2. The molecule has 0 spiro atoms. The lowest BCUT2D eigenvalue weighted by molar-refractivity contribution is -0.113. The van der Waals surface area contributed by atoms with Gasteiger partial charge in [-0.1, -0.05) is 41.6 Å². The Morgan fingerprint density at radius 2 is 1.89 bits per heavy atom. The highest BCUT2D eigenvalue weighted by molar-refractivity contribution is 7.99. The zero-order valence-corrected chi connectivity index (χ0v) is 16.7. The second kappa shape index (κ2) is 9.43. The van der Waals surface area contributed by atoms with E-state index >= 15 is 0 Å². The molecule has 28 heavy (non-hydrogen) atoms. The average molecular weight is 398 g/mol. The van der Waals surface area contributed by atoms with Crippen LogP contribution in [0, 0.1) is 6.92 Å². The van der Waals surface area contributed by atoms with Gasteiger partial charge in [0, 0.05) is 12.2 Å². The molecule has 0 aliphatic rings. The Kier molecular flexibility index (Phi) is 6.73. The first-order valence-electron chi connectivity index (χ1n) is 8.86. The van der Waals surface area contributed by atoms with Gasteiger partial charge in [-0.05, 0) is 36.8 Å². The Morgan fingerprint density at radius 1 is 1.18 bits per heavy atom. The first-order valence-corrected chi connectivity index (χ1v) is 9.85. The summed E-state index contributed by atoms with van der Waals surface area (Å²) in [5.41, 5.74) is 3.74. The van der Waals surface area contributed by atoms with Gasteiger partial charge < -0.3 is 19.7 Å². The summed E-state index contributed by atoms with van der Waals surface area (Å²) in [6, 6.07) is 15.4. The van der Waals surface area contributed by atoms with E-state index in [1.165, 1.54) is 17.3 Å². The molecular weight excluding hydrogens is 374 g/mol. The fraction of sp³-hybridized carbons (Fsp3) is 0.238. The molecule has 0 saturated carbocycles. The van der Waals surface area contributed by atoms with Crippen molar-refractivity contribution in [3.05, 3.63) is 71.5 Å². The number of nitrogens with zero attached hydrogens (tertiary/aromatic N) is 2. The summed E-state index contributed by atoms with van der Waals surface area (Å²) in [7, 11) is 1.60. The summed E-state index contributed by atoms with van der Waals surface area (Å²) < 4.78 is 7.05. The second-order valence-electron chi connectivity index (χ2n) is 6.33. The van der Waals surface area contributed by atoms with E-state index in [0.717, 1.165) is 17.0 Å². The maximum Gasteiger partial charge on any atom is 0.234 e. The number of carbonyl (C=O) groups excluding carboxylic acids is 1. The normalized spacial score (nSPS) is 10.7. The van der Waals surface area contributed by atoms with E-state index in [1.54, 1.807) is 37.6 Å². The van der Waals surface area contributed by atoms with Gasteiger partial charge in [0.05, 0.1) is 31.4 Å². The van der Waals surface area contributed by atoms with E-state index in [-0.39, 0.29) is 18.3 Å². The number of methoxy groups -OCH3 is 1. The van der Waals surface area contributed by atoms with Crippen molar-refractivity contribution < 1.29 is 14.6 Å². The van der Waals surface area contributed by atoms with Gasteiger partial charge in [-0.25, -0.2) is 4.98 Å². The number of carbonyl (C=O) groups is 1. The summed E-state index contributed by atoms with van der Waals surface area (Å²) in [5.74, 6) is 0.842. The molecule has 0 bridgehead atoms. The SMILES string of the molecule is COc1ccc(NC(=O)CSc2ncc(CO)n2Cc2ccc(C)cc2)cc1. The summed E-state index contributed by atoms with van der Waals surface area (Å²) in [5, 5.41) is 13.2. The van der Waals surface area contributed by atoms with Crippen LogP contribution in [0.5, 0.6) is 5.75 Å². The van der Waals surface area contributed by atoms with E-state index in [9.17, 15) is 9.90 Å². The van der Waals surface area contributed by atoms with E-state index in [0.29, 0.717) is 17.4 Å². The van der Waals surface area contributed by atoms with Gasteiger partial charge in [0.15, 0.2) is 5.16 Å². The van der Waals surface area contributed by atoms with E-state index in [1.807, 2.05) is 11.5 Å². The summed E-state index contributed by atoms with van der Waals surface area (Å²) >= 11 is 1.34. The van der Waals surface area contributed by atoms with Crippen molar-refractivity contribution in [2.24, 2.45) is 0 Å². The smallest absolute Gasteiger partial charge is 0.234 e. The number of imidazole rings is 1. The Labute approximate surface area is 168 Å². The number of aryl methyl sites for hydroxylation is 1. The minimum Gasteiger partial charge on any atom is -0.497 e. The maximum absolute atomic E-state index is 12.3. The van der Waals surface area contributed by atoms with Gasteiger partial charge in [-0.2, -0.15) is 0 Å². The number of anilines is 1. The van der Waals surface area contributed by atoms with Crippen molar-refractivity contribution in [2.45, 2.75) is 25.2 Å². The first kappa shape index (κ1) is 20.0. The monoisotopic (exact) mass is 397 g/mol. The molecule has 1 aromatic heterocycles. The van der Waals surface area contributed by atoms with Crippen LogP contribution in [0.3, 0.4) is 0 Å². The van der Waals surface area contributed by atoms with Gasteiger partial charge >= 0.3 is 0 Å². The molecule has 0 atom stereocenters. The summed E-state index contributed by atoms with van der Waals surface area (Å²) in [6.45, 7) is 2.54. The molecule has 0 saturated heterocycles. The van der Waals surface area contributed by atoms with Crippen LogP contribution in [0.2, 0.25) is 0 Å². The minimum absolute atomic E-state index is 0.0997. The van der Waals surface area contributed by atoms with Crippen molar-refractivity contribution >= 4 is 23.4 Å². The number of hydrogen-bond acceptors (Lipinski definition) is 5. The number of thioether (sulfide) groups is 1. The van der Waals surface area contributed by atoms with Crippen LogP contribution in [0.1, 0.15) is 16.8 Å². The van der Waals surface area contributed by atoms with Crippen molar-refractivity contribution in [1.82, 2.24) is 9.55 Å². The van der Waals surface area contributed by atoms with Crippen LogP contribution in [0.4, 0.5) is 5.69 Å². The lowest BCUT2D eigenvalue weighted by Crippen LogP contribution is -2.15. The zero-order chi connectivity index (χ0) is 19.9. The number of hydrogen-bond donors (Lipinski definition) is 2. The largest absolute Gasteiger partial charge is 0.497 e. The number of aromatic nitrogens is 2. The maximum atomic E-state index is 12.3. The van der Waals surface area contributed by atoms with Crippen LogP contribution < -0.4 is 10.1 Å². The number of aliphatic hydroxyl groups is 1. The number of ether oxygens (including phenoxy) is 1. The molecule has 0 radical (unpaired) electrons. The van der Waals surface area contributed by atoms with Crippen LogP contribution in [0.15, 0.2) is 59.9 Å². The molecule has 0 unspecified atom stereocenters. The quantitative estimate of drug-likeness (QED) is 0.569. The third-order valence-corrected chi connectivity index (χ3v) is 5.22. The number of nitrogens with one attached hydrogen (secondary N) is 1. The number of benzene rings is 2. The van der Waals surface area contributed by atoms with Gasteiger partial charge in [-0.3, -0.25) is 4.79 Å². The molecule has 7 heteroatoms. The predicted octanol–water partition coefficient (Wildman–Crippen LogP) is 3.47. The number of amides is 1. The fourth-order valence-corrected chi connectivity index (χ4v) is 3.48.